The van der Waals surface area contributed by atoms with Gasteiger partial charge in [0.15, 0.2) is 0 Å². The largest absolute Gasteiger partial charge is 0.352 e. The van der Waals surface area contributed by atoms with Crippen LogP contribution in [0.5, 0.6) is 0 Å². The molecule has 108 valence electrons. The van der Waals surface area contributed by atoms with E-state index in [1.165, 1.54) is 0 Å². The van der Waals surface area contributed by atoms with Gasteiger partial charge in [-0.25, -0.2) is 4.98 Å². The maximum absolute atomic E-state index is 12.2. The first-order chi connectivity index (χ1) is 10.2. The summed E-state index contributed by atoms with van der Waals surface area (Å²) in [6.07, 6.45) is 0.737. The molecule has 0 unspecified atom stereocenters. The third kappa shape index (κ3) is 4.42. The number of hydrogen-bond donors (Lipinski definition) is 2. The molecular weight excluding hydrogens is 282 g/mol. The molecule has 21 heavy (non-hydrogen) atoms. The van der Waals surface area contributed by atoms with Crippen molar-refractivity contribution in [2.75, 3.05) is 13.1 Å². The predicted octanol–water partition coefficient (Wildman–Crippen LogP) is 1.73. The number of nitrogens with zero attached hydrogens (tertiary/aromatic N) is 1. The first kappa shape index (κ1) is 15.2. The van der Waals surface area contributed by atoms with Crippen LogP contribution < -0.4 is 11.1 Å². The summed E-state index contributed by atoms with van der Waals surface area (Å²) in [7, 11) is 0. The van der Waals surface area contributed by atoms with Crippen LogP contribution in [0.1, 0.15) is 26.6 Å². The number of aromatic nitrogens is 1. The van der Waals surface area contributed by atoms with Gasteiger partial charge in [-0.2, -0.15) is 0 Å². The highest BCUT2D eigenvalue weighted by atomic mass is 32.1. The molecule has 1 heterocycles. The van der Waals surface area contributed by atoms with E-state index >= 15 is 0 Å². The molecule has 3 N–H and O–H groups in total. The van der Waals surface area contributed by atoms with E-state index in [9.17, 15) is 4.79 Å². The van der Waals surface area contributed by atoms with Crippen LogP contribution in [0.3, 0.4) is 0 Å². The van der Waals surface area contributed by atoms with Crippen LogP contribution in [-0.2, 0) is 6.42 Å². The molecule has 0 aliphatic heterocycles. The molecule has 2 aromatic rings. The third-order valence-electron chi connectivity index (χ3n) is 2.79. The summed E-state index contributed by atoms with van der Waals surface area (Å²) < 4.78 is 0. The van der Waals surface area contributed by atoms with Gasteiger partial charge >= 0.3 is 0 Å². The molecule has 4 nitrogen and oxygen atoms in total. The van der Waals surface area contributed by atoms with Gasteiger partial charge in [0.2, 0.25) is 0 Å². The maximum Gasteiger partial charge on any atom is 0.252 e. The van der Waals surface area contributed by atoms with Gasteiger partial charge in [-0.15, -0.1) is 11.3 Å². The van der Waals surface area contributed by atoms with E-state index in [1.54, 1.807) is 17.4 Å². The Kier molecular flexibility index (Phi) is 5.50. The molecule has 0 saturated heterocycles. The van der Waals surface area contributed by atoms with Crippen molar-refractivity contribution in [1.29, 1.82) is 0 Å². The molecule has 5 heteroatoms. The Morgan fingerprint density at radius 3 is 2.95 bits per heavy atom. The lowest BCUT2D eigenvalue weighted by molar-refractivity contribution is 0.0954. The fourth-order valence-electron chi connectivity index (χ4n) is 1.83. The van der Waals surface area contributed by atoms with Gasteiger partial charge in [0.25, 0.3) is 5.91 Å². The minimum Gasteiger partial charge on any atom is -0.352 e. The van der Waals surface area contributed by atoms with E-state index in [0.717, 1.165) is 17.1 Å². The summed E-state index contributed by atoms with van der Waals surface area (Å²) in [5.41, 5.74) is 7.66. The number of nitrogens with one attached hydrogen (secondary N) is 1. The zero-order chi connectivity index (χ0) is 15.1. The lowest BCUT2D eigenvalue weighted by Crippen LogP contribution is -2.26. The molecule has 0 atom stereocenters. The Morgan fingerprint density at radius 2 is 2.24 bits per heavy atom. The molecule has 0 aliphatic rings. The van der Waals surface area contributed by atoms with Gasteiger partial charge in [0.05, 0.1) is 17.1 Å². The summed E-state index contributed by atoms with van der Waals surface area (Å²) >= 11 is 1.61. The third-order valence-corrected chi connectivity index (χ3v) is 3.81. The molecule has 0 aliphatic carbocycles. The first-order valence-electron chi connectivity index (χ1n) is 6.68. The number of benzene rings is 1. The van der Waals surface area contributed by atoms with Crippen molar-refractivity contribution in [2.45, 2.75) is 13.3 Å². The number of carbonyl (C=O) groups excluding carboxylic acids is 1. The van der Waals surface area contributed by atoms with Crippen molar-refractivity contribution < 1.29 is 4.79 Å². The zero-order valence-corrected chi connectivity index (χ0v) is 12.7. The average molecular weight is 299 g/mol. The molecule has 2 rings (SSSR count). The van der Waals surface area contributed by atoms with E-state index in [4.69, 9.17) is 5.73 Å². The quantitative estimate of drug-likeness (QED) is 0.845. The number of amides is 1. The summed E-state index contributed by atoms with van der Waals surface area (Å²) in [4.78, 5) is 16.6. The molecular formula is C16H17N3OS. The van der Waals surface area contributed by atoms with Gasteiger partial charge in [-0.1, -0.05) is 24.0 Å². The number of nitrogens with two attached hydrogens (primary N) is 1. The first-order valence-corrected chi connectivity index (χ1v) is 7.56. The average Bonchev–Trinajstić information content (AvgIpc) is 2.91. The number of hydrogen-bond acceptors (Lipinski definition) is 4. The van der Waals surface area contributed by atoms with E-state index < -0.39 is 0 Å². The molecule has 0 spiro atoms. The highest BCUT2D eigenvalue weighted by Crippen LogP contribution is 2.09. The Balaban J connectivity index is 1.97. The van der Waals surface area contributed by atoms with Crippen molar-refractivity contribution in [3.05, 3.63) is 51.5 Å². The monoisotopic (exact) mass is 299 g/mol. The summed E-state index contributed by atoms with van der Waals surface area (Å²) in [6.45, 7) is 2.80. The van der Waals surface area contributed by atoms with Crippen LogP contribution >= 0.6 is 11.3 Å². The van der Waals surface area contributed by atoms with E-state index in [0.29, 0.717) is 17.7 Å². The van der Waals surface area contributed by atoms with Crippen molar-refractivity contribution in [1.82, 2.24) is 10.3 Å². The van der Waals surface area contributed by atoms with Crippen LogP contribution in [0.25, 0.3) is 0 Å². The normalized spacial score (nSPS) is 9.81. The summed E-state index contributed by atoms with van der Waals surface area (Å²) in [5.74, 6) is 5.57. The molecule has 0 saturated carbocycles. The Morgan fingerprint density at radius 1 is 1.43 bits per heavy atom. The predicted molar refractivity (Wildman–Crippen MR) is 85.3 cm³/mol. The SMILES string of the molecule is Cc1csc(CCNC(=O)c2ccccc2C#CCN)n1. The Bertz CT molecular complexity index is 682. The maximum atomic E-state index is 12.2. The van der Waals surface area contributed by atoms with Gasteiger partial charge in [-0.05, 0) is 19.1 Å². The molecule has 0 fully saturated rings. The lowest BCUT2D eigenvalue weighted by Gasteiger charge is -2.06. The van der Waals surface area contributed by atoms with Gasteiger partial charge in [0, 0.05) is 29.6 Å². The summed E-state index contributed by atoms with van der Waals surface area (Å²) in [5, 5.41) is 5.94. The highest BCUT2D eigenvalue weighted by molar-refractivity contribution is 7.09. The smallest absolute Gasteiger partial charge is 0.252 e. The zero-order valence-electron chi connectivity index (χ0n) is 11.8. The number of carbonyl (C=O) groups is 1. The van der Waals surface area contributed by atoms with Gasteiger partial charge in [0.1, 0.15) is 0 Å². The van der Waals surface area contributed by atoms with Crippen molar-refractivity contribution in [3.8, 4) is 11.8 Å². The van der Waals surface area contributed by atoms with Crippen molar-refractivity contribution >= 4 is 17.2 Å². The van der Waals surface area contributed by atoms with Crippen LogP contribution in [0.15, 0.2) is 29.6 Å². The Hall–Kier alpha value is -2.16. The second kappa shape index (κ2) is 7.58. The van der Waals surface area contributed by atoms with E-state index in [2.05, 4.69) is 22.1 Å². The molecule has 1 aromatic carbocycles. The van der Waals surface area contributed by atoms with Crippen molar-refractivity contribution in [2.24, 2.45) is 5.73 Å². The molecule has 1 amide bonds. The van der Waals surface area contributed by atoms with Crippen LogP contribution in [0.2, 0.25) is 0 Å². The molecule has 0 bridgehead atoms. The minimum atomic E-state index is -0.120. The number of aryl methyl sites for hydroxylation is 1. The fraction of sp³-hybridized carbons (Fsp3) is 0.250. The molecule has 0 radical (unpaired) electrons. The standard InChI is InChI=1S/C16H17N3OS/c1-12-11-21-15(19-12)8-10-18-16(20)14-7-3-2-5-13(14)6-4-9-17/h2-3,5,7,11H,8-10,17H2,1H3,(H,18,20). The summed E-state index contributed by atoms with van der Waals surface area (Å²) in [6, 6.07) is 7.27. The second-order valence-electron chi connectivity index (χ2n) is 4.44. The van der Waals surface area contributed by atoms with Crippen molar-refractivity contribution in [3.63, 3.8) is 0 Å². The van der Waals surface area contributed by atoms with E-state index in [1.807, 2.05) is 30.5 Å². The van der Waals surface area contributed by atoms with E-state index in [-0.39, 0.29) is 12.5 Å². The fourth-order valence-corrected chi connectivity index (χ4v) is 2.61. The molecule has 1 aromatic heterocycles. The topological polar surface area (TPSA) is 68.0 Å². The van der Waals surface area contributed by atoms with Gasteiger partial charge < -0.3 is 11.1 Å². The number of rotatable bonds is 4. The second-order valence-corrected chi connectivity index (χ2v) is 5.38. The number of thiazole rings is 1. The van der Waals surface area contributed by atoms with Gasteiger partial charge in [-0.3, -0.25) is 4.79 Å². The highest BCUT2D eigenvalue weighted by Gasteiger charge is 2.09. The minimum absolute atomic E-state index is 0.120. The lowest BCUT2D eigenvalue weighted by atomic mass is 10.1. The van der Waals surface area contributed by atoms with Crippen LogP contribution in [0.4, 0.5) is 0 Å². The van der Waals surface area contributed by atoms with Crippen LogP contribution in [0, 0.1) is 18.8 Å². The van der Waals surface area contributed by atoms with Crippen LogP contribution in [-0.4, -0.2) is 24.0 Å². The Labute approximate surface area is 128 Å².